The molecule has 0 fully saturated rings. The topological polar surface area (TPSA) is 81.3 Å². The van der Waals surface area contributed by atoms with Gasteiger partial charge in [0, 0.05) is 22.5 Å². The number of benzene rings is 1. The first-order chi connectivity index (χ1) is 10.2. The van der Waals surface area contributed by atoms with Gasteiger partial charge < -0.3 is 14.5 Å². The summed E-state index contributed by atoms with van der Waals surface area (Å²) in [4.78, 5) is 31.4. The number of carbonyl (C=O) groups is 2. The van der Waals surface area contributed by atoms with Crippen molar-refractivity contribution in [1.29, 1.82) is 0 Å². The summed E-state index contributed by atoms with van der Waals surface area (Å²) in [6.07, 6.45) is 1.65. The minimum absolute atomic E-state index is 0.168. The highest BCUT2D eigenvalue weighted by Gasteiger charge is 2.23. The van der Waals surface area contributed by atoms with E-state index in [9.17, 15) is 9.59 Å². The van der Waals surface area contributed by atoms with Crippen molar-refractivity contribution in [3.05, 3.63) is 41.6 Å². The first-order valence-electron chi connectivity index (χ1n) is 6.23. The molecule has 0 atom stereocenters. The molecule has 1 aromatic carbocycles. The molecule has 0 saturated carbocycles. The van der Waals surface area contributed by atoms with E-state index in [1.165, 1.54) is 20.3 Å². The fourth-order valence-corrected chi connectivity index (χ4v) is 2.41. The van der Waals surface area contributed by atoms with Crippen LogP contribution in [0.4, 0.5) is 0 Å². The van der Waals surface area contributed by atoms with Crippen molar-refractivity contribution in [2.24, 2.45) is 0 Å². The number of hydrogen-bond donors (Lipinski definition) is 1. The third-order valence-electron chi connectivity index (χ3n) is 3.33. The predicted molar refractivity (Wildman–Crippen MR) is 76.3 cm³/mol. The fourth-order valence-electron chi connectivity index (χ4n) is 2.41. The zero-order valence-corrected chi connectivity index (χ0v) is 11.5. The molecule has 0 aliphatic carbocycles. The molecule has 0 aliphatic rings. The zero-order valence-electron chi connectivity index (χ0n) is 11.5. The smallest absolute Gasteiger partial charge is 0.339 e. The summed E-state index contributed by atoms with van der Waals surface area (Å²) in [6, 6.07) is 6.85. The van der Waals surface area contributed by atoms with Crippen LogP contribution < -0.4 is 0 Å². The molecule has 0 radical (unpaired) electrons. The van der Waals surface area contributed by atoms with Gasteiger partial charge in [-0.25, -0.2) is 14.6 Å². The van der Waals surface area contributed by atoms with Crippen LogP contribution in [0.2, 0.25) is 0 Å². The number of ether oxygens (including phenoxy) is 2. The summed E-state index contributed by atoms with van der Waals surface area (Å²) in [7, 11) is 2.54. The van der Waals surface area contributed by atoms with Crippen molar-refractivity contribution < 1.29 is 19.1 Å². The molecule has 106 valence electrons. The van der Waals surface area contributed by atoms with E-state index in [4.69, 9.17) is 9.47 Å². The number of methoxy groups -OCH3 is 2. The second-order valence-electron chi connectivity index (χ2n) is 4.42. The molecule has 2 aromatic heterocycles. The van der Waals surface area contributed by atoms with Crippen molar-refractivity contribution in [2.75, 3.05) is 14.2 Å². The average molecular weight is 284 g/mol. The second kappa shape index (κ2) is 4.90. The number of rotatable bonds is 2. The molecule has 1 N–H and O–H groups in total. The van der Waals surface area contributed by atoms with E-state index in [1.807, 2.05) is 6.07 Å². The molecule has 0 bridgehead atoms. The van der Waals surface area contributed by atoms with Gasteiger partial charge in [-0.2, -0.15) is 0 Å². The number of hydrogen-bond acceptors (Lipinski definition) is 5. The molecule has 0 saturated heterocycles. The van der Waals surface area contributed by atoms with Gasteiger partial charge in [0.25, 0.3) is 0 Å². The van der Waals surface area contributed by atoms with E-state index in [0.717, 1.165) is 5.39 Å². The third-order valence-corrected chi connectivity index (χ3v) is 3.33. The number of nitrogens with zero attached hydrogens (tertiary/aromatic N) is 1. The summed E-state index contributed by atoms with van der Waals surface area (Å²) in [5, 5.41) is 1.35. The Morgan fingerprint density at radius 3 is 2.57 bits per heavy atom. The van der Waals surface area contributed by atoms with Crippen molar-refractivity contribution in [3.63, 3.8) is 0 Å². The van der Waals surface area contributed by atoms with Crippen LogP contribution in [0, 0.1) is 0 Å². The highest BCUT2D eigenvalue weighted by Crippen LogP contribution is 2.30. The lowest BCUT2D eigenvalue weighted by Crippen LogP contribution is -2.12. The SMILES string of the molecule is COC(=O)c1ccc2[nH]c3ncccc3c2c1C(=O)OC. The number of aromatic nitrogens is 2. The molecule has 3 aromatic rings. The number of pyridine rings is 1. The van der Waals surface area contributed by atoms with Crippen LogP contribution in [-0.4, -0.2) is 36.1 Å². The van der Waals surface area contributed by atoms with Crippen molar-refractivity contribution in [1.82, 2.24) is 9.97 Å². The van der Waals surface area contributed by atoms with Gasteiger partial charge in [-0.3, -0.25) is 0 Å². The first-order valence-corrected chi connectivity index (χ1v) is 6.23. The number of fused-ring (bicyclic) bond motifs is 3. The van der Waals surface area contributed by atoms with Crippen LogP contribution in [-0.2, 0) is 9.47 Å². The van der Waals surface area contributed by atoms with Crippen LogP contribution in [0.1, 0.15) is 20.7 Å². The summed E-state index contributed by atoms with van der Waals surface area (Å²) in [5.41, 5.74) is 1.69. The van der Waals surface area contributed by atoms with Gasteiger partial charge >= 0.3 is 11.9 Å². The highest BCUT2D eigenvalue weighted by atomic mass is 16.5. The van der Waals surface area contributed by atoms with Gasteiger partial charge in [0.1, 0.15) is 5.65 Å². The third kappa shape index (κ3) is 1.92. The largest absolute Gasteiger partial charge is 0.465 e. The number of aromatic amines is 1. The standard InChI is InChI=1S/C15H12N2O4/c1-20-14(18)9-5-6-10-11(12(9)15(19)21-2)8-4-3-7-16-13(8)17-10/h3-7H,1-2H3,(H,16,17). The lowest BCUT2D eigenvalue weighted by atomic mass is 10.0. The summed E-state index contributed by atoms with van der Waals surface area (Å²) in [5.74, 6) is -1.18. The Hall–Kier alpha value is -2.89. The summed E-state index contributed by atoms with van der Waals surface area (Å²) in [6.45, 7) is 0. The Labute approximate surface area is 119 Å². The Bertz CT molecular complexity index is 867. The van der Waals surface area contributed by atoms with Crippen LogP contribution in [0.3, 0.4) is 0 Å². The molecular formula is C15H12N2O4. The zero-order chi connectivity index (χ0) is 15.0. The lowest BCUT2D eigenvalue weighted by Gasteiger charge is -2.08. The average Bonchev–Trinajstić information content (AvgIpc) is 2.91. The molecular weight excluding hydrogens is 272 g/mol. The van der Waals surface area contributed by atoms with Gasteiger partial charge in [0.15, 0.2) is 0 Å². The van der Waals surface area contributed by atoms with Crippen LogP contribution >= 0.6 is 0 Å². The highest BCUT2D eigenvalue weighted by molar-refractivity contribution is 6.20. The minimum atomic E-state index is -0.592. The number of esters is 2. The Morgan fingerprint density at radius 1 is 1.10 bits per heavy atom. The van der Waals surface area contributed by atoms with Crippen molar-refractivity contribution in [2.45, 2.75) is 0 Å². The van der Waals surface area contributed by atoms with Gasteiger partial charge in [0.05, 0.1) is 25.3 Å². The quantitative estimate of drug-likeness (QED) is 0.730. The monoisotopic (exact) mass is 284 g/mol. The van der Waals surface area contributed by atoms with E-state index in [2.05, 4.69) is 9.97 Å². The molecule has 21 heavy (non-hydrogen) atoms. The van der Waals surface area contributed by atoms with E-state index < -0.39 is 11.9 Å². The molecule has 2 heterocycles. The van der Waals surface area contributed by atoms with Crippen molar-refractivity contribution >= 4 is 33.9 Å². The molecule has 6 nitrogen and oxygen atoms in total. The Kier molecular flexibility index (Phi) is 3.06. The molecule has 0 unspecified atom stereocenters. The molecule has 0 amide bonds. The van der Waals surface area contributed by atoms with E-state index in [0.29, 0.717) is 16.6 Å². The maximum Gasteiger partial charge on any atom is 0.339 e. The lowest BCUT2D eigenvalue weighted by molar-refractivity contribution is 0.0557. The first kappa shape index (κ1) is 13.1. The van der Waals surface area contributed by atoms with Crippen LogP contribution in [0.15, 0.2) is 30.5 Å². The molecule has 0 aliphatic heterocycles. The minimum Gasteiger partial charge on any atom is -0.465 e. The number of carbonyl (C=O) groups excluding carboxylic acids is 2. The predicted octanol–water partition coefficient (Wildman–Crippen LogP) is 2.29. The van der Waals surface area contributed by atoms with Crippen LogP contribution in [0.5, 0.6) is 0 Å². The molecule has 6 heteroatoms. The normalized spacial score (nSPS) is 10.8. The van der Waals surface area contributed by atoms with E-state index in [-0.39, 0.29) is 11.1 Å². The maximum absolute atomic E-state index is 12.1. The van der Waals surface area contributed by atoms with Gasteiger partial charge in [-0.05, 0) is 24.3 Å². The number of nitrogens with one attached hydrogen (secondary N) is 1. The molecule has 3 rings (SSSR count). The van der Waals surface area contributed by atoms with Gasteiger partial charge in [-0.1, -0.05) is 0 Å². The van der Waals surface area contributed by atoms with Gasteiger partial charge in [0.2, 0.25) is 0 Å². The summed E-state index contributed by atoms with van der Waals surface area (Å²) < 4.78 is 9.55. The Morgan fingerprint density at radius 2 is 1.86 bits per heavy atom. The number of H-pyrrole nitrogens is 1. The van der Waals surface area contributed by atoms with E-state index in [1.54, 1.807) is 18.3 Å². The summed E-state index contributed by atoms with van der Waals surface area (Å²) >= 11 is 0. The Balaban J connectivity index is 2.47. The fraction of sp³-hybridized carbons (Fsp3) is 0.133. The van der Waals surface area contributed by atoms with E-state index >= 15 is 0 Å². The van der Waals surface area contributed by atoms with Crippen molar-refractivity contribution in [3.8, 4) is 0 Å². The van der Waals surface area contributed by atoms with Crippen LogP contribution in [0.25, 0.3) is 21.9 Å². The second-order valence-corrected chi connectivity index (χ2v) is 4.42. The maximum atomic E-state index is 12.1. The van der Waals surface area contributed by atoms with Gasteiger partial charge in [-0.15, -0.1) is 0 Å². The molecule has 0 spiro atoms.